The molecule has 4 aliphatic rings. The number of halogens is 6. The minimum absolute atomic E-state index is 0.0188. The summed E-state index contributed by atoms with van der Waals surface area (Å²) < 4.78 is 94.3. The third-order valence-electron chi connectivity index (χ3n) is 17.0. The second-order valence-electron chi connectivity index (χ2n) is 22.1. The molecular formula is C58H89Cl3F3N3O13S2. The van der Waals surface area contributed by atoms with E-state index in [2.05, 4.69) is 73.2 Å². The molecule has 0 aromatic heterocycles. The van der Waals surface area contributed by atoms with E-state index in [-0.39, 0.29) is 78.7 Å². The van der Waals surface area contributed by atoms with Gasteiger partial charge in [-0.1, -0.05) is 128 Å². The van der Waals surface area contributed by atoms with Gasteiger partial charge < -0.3 is 63.1 Å². The summed E-state index contributed by atoms with van der Waals surface area (Å²) in [6.45, 7) is 24.5. The van der Waals surface area contributed by atoms with E-state index in [1.54, 1.807) is 63.7 Å². The van der Waals surface area contributed by atoms with Gasteiger partial charge in [-0.05, 0) is 107 Å². The summed E-state index contributed by atoms with van der Waals surface area (Å²) >= 11 is 20.4. The molecule has 4 heterocycles. The minimum atomic E-state index is -5.12. The van der Waals surface area contributed by atoms with Crippen LogP contribution in [0.5, 0.6) is 11.5 Å². The van der Waals surface area contributed by atoms with Crippen LogP contribution in [0.4, 0.5) is 13.2 Å². The summed E-state index contributed by atoms with van der Waals surface area (Å²) in [6, 6.07) is 13.6. The Morgan fingerprint density at radius 2 is 0.976 bits per heavy atom. The molecule has 20 atom stereocenters. The van der Waals surface area contributed by atoms with Gasteiger partial charge in [0.05, 0.1) is 90.4 Å². The fourth-order valence-corrected chi connectivity index (χ4v) is 12.4. The molecule has 0 saturated carbocycles. The van der Waals surface area contributed by atoms with Crippen molar-refractivity contribution < 1.29 is 75.2 Å². The van der Waals surface area contributed by atoms with E-state index in [9.17, 15) is 22.8 Å². The number of nitrogens with one attached hydrogen (secondary N) is 3. The average molecular weight is 1260 g/mol. The minimum Gasteiger partial charge on any atom is -0.497 e. The van der Waals surface area contributed by atoms with Crippen LogP contribution in [0.25, 0.3) is 0 Å². The van der Waals surface area contributed by atoms with Crippen LogP contribution in [-0.2, 0) is 60.7 Å². The second kappa shape index (κ2) is 33.6. The van der Waals surface area contributed by atoms with Gasteiger partial charge in [-0.3, -0.25) is 15.0 Å². The number of aliphatic hydroxyl groups is 1. The summed E-state index contributed by atoms with van der Waals surface area (Å²) in [6.07, 6.45) is -3.79. The highest BCUT2D eigenvalue weighted by Crippen LogP contribution is 2.41. The van der Waals surface area contributed by atoms with Crippen LogP contribution in [0.3, 0.4) is 0 Å². The number of amides is 2. The van der Waals surface area contributed by atoms with Crippen molar-refractivity contribution in [3.05, 3.63) is 59.7 Å². The molecule has 24 heteroatoms. The van der Waals surface area contributed by atoms with Crippen molar-refractivity contribution in [2.45, 2.75) is 159 Å². The number of aliphatic hydroxyl groups excluding tert-OH is 1. The molecule has 4 fully saturated rings. The quantitative estimate of drug-likeness (QED) is 0.0589. The van der Waals surface area contributed by atoms with Gasteiger partial charge >= 0.3 is 12.1 Å². The Bertz CT molecular complexity index is 2230. The Morgan fingerprint density at radius 1 is 0.585 bits per heavy atom. The number of carbonyl (C=O) groups excluding carboxylic acids is 2. The molecule has 82 heavy (non-hydrogen) atoms. The molecule has 2 aromatic rings. The normalized spacial score (nSPS) is 34.0. The highest BCUT2D eigenvalue weighted by atomic mass is 35.6. The van der Waals surface area contributed by atoms with Gasteiger partial charge in [-0.25, -0.2) is 0 Å². The van der Waals surface area contributed by atoms with Crippen molar-refractivity contribution in [3.63, 3.8) is 0 Å². The molecule has 2 amide bonds. The van der Waals surface area contributed by atoms with Gasteiger partial charge in [0, 0.05) is 6.92 Å². The maximum atomic E-state index is 12.8. The second-order valence-corrected chi connectivity index (χ2v) is 26.3. The molecule has 4 N–H and O–H groups in total. The lowest BCUT2D eigenvalue weighted by Crippen LogP contribution is -2.60. The number of alkyl halides is 6. The van der Waals surface area contributed by atoms with Crippen molar-refractivity contribution >= 4 is 76.0 Å². The Balaban J connectivity index is 0.000000290. The molecule has 9 unspecified atom stereocenters. The Morgan fingerprint density at radius 3 is 1.37 bits per heavy atom. The van der Waals surface area contributed by atoms with E-state index < -0.39 is 52.4 Å². The van der Waals surface area contributed by atoms with Gasteiger partial charge in [-0.2, -0.15) is 13.2 Å². The molecule has 2 aromatic carbocycles. The van der Waals surface area contributed by atoms with Gasteiger partial charge in [-0.15, -0.1) is 23.5 Å². The zero-order valence-corrected chi connectivity index (χ0v) is 53.7. The Labute approximate surface area is 507 Å². The average Bonchev–Trinajstić information content (AvgIpc) is 3.61. The van der Waals surface area contributed by atoms with Crippen molar-refractivity contribution in [1.29, 1.82) is 5.41 Å². The molecule has 468 valence electrons. The number of benzene rings is 2. The summed E-state index contributed by atoms with van der Waals surface area (Å²) in [5.74, 6) is 0.886. The lowest BCUT2D eigenvalue weighted by molar-refractivity contribution is -0.259. The molecule has 0 aliphatic carbocycles. The number of thioether (sulfide) groups is 2. The fraction of sp³-hybridized carbons (Fsp3) is 0.741. The first-order valence-electron chi connectivity index (χ1n) is 27.8. The van der Waals surface area contributed by atoms with E-state index in [1.807, 2.05) is 41.7 Å². The van der Waals surface area contributed by atoms with Gasteiger partial charge in [0.1, 0.15) is 22.4 Å². The first kappa shape index (κ1) is 72.0. The van der Waals surface area contributed by atoms with Crippen molar-refractivity contribution in [1.82, 2.24) is 10.6 Å². The molecule has 16 nitrogen and oxygen atoms in total. The Kier molecular flexibility index (Phi) is 29.5. The van der Waals surface area contributed by atoms with E-state index >= 15 is 0 Å². The van der Waals surface area contributed by atoms with Crippen LogP contribution in [0.15, 0.2) is 48.5 Å². The Hall–Kier alpha value is -2.51. The summed E-state index contributed by atoms with van der Waals surface area (Å²) in [5.41, 5.74) is 2.35. The monoisotopic (exact) mass is 1260 g/mol. The summed E-state index contributed by atoms with van der Waals surface area (Å²) in [7, 11) is 3.21. The first-order chi connectivity index (χ1) is 38.5. The third-order valence-corrected chi connectivity index (χ3v) is 19.6. The predicted molar refractivity (Wildman–Crippen MR) is 316 cm³/mol. The third kappa shape index (κ3) is 20.6. The predicted octanol–water partition coefficient (Wildman–Crippen LogP) is 11.3. The van der Waals surface area contributed by atoms with Crippen LogP contribution in [0.1, 0.15) is 87.3 Å². The molecule has 0 bridgehead atoms. The number of ether oxygens (including phenoxy) is 10. The molecule has 6 rings (SSSR count). The maximum Gasteiger partial charge on any atom is 0.471 e. The number of carbonyl (C=O) groups is 2. The van der Waals surface area contributed by atoms with Crippen molar-refractivity contribution in [3.8, 4) is 11.5 Å². The smallest absolute Gasteiger partial charge is 0.471 e. The SMILES string of the molecule is COc1ccc(COCC2OC(OC(=N)C(Cl)(Cl)Cl)C(NC(=O)C(F)(F)F)[C@@H](C)[C@@H]2C)cc1.COc1ccc(COCC2O[C@@H](OCC3O[C@@H](SC)C(C)[C@@H](C)[C@H]3C)C(NC(C)=O)[C@@H](C)[C@@H]2C)cc1.CS[C@@H]1OC(CO)[C@H](C)[C@H](C)C1C. The van der Waals surface area contributed by atoms with E-state index in [1.165, 1.54) is 6.92 Å². The maximum absolute atomic E-state index is 12.8. The first-order valence-corrected chi connectivity index (χ1v) is 31.5. The largest absolute Gasteiger partial charge is 0.497 e. The summed E-state index contributed by atoms with van der Waals surface area (Å²) in [5, 5.41) is 21.8. The van der Waals surface area contributed by atoms with E-state index in [0.717, 1.165) is 16.9 Å². The van der Waals surface area contributed by atoms with Crippen LogP contribution in [0, 0.1) is 64.6 Å². The van der Waals surface area contributed by atoms with Crippen LogP contribution in [-0.4, -0.2) is 146 Å². The van der Waals surface area contributed by atoms with Crippen molar-refractivity contribution in [2.75, 3.05) is 53.2 Å². The van der Waals surface area contributed by atoms with Gasteiger partial charge in [0.15, 0.2) is 6.29 Å². The zero-order valence-electron chi connectivity index (χ0n) is 49.8. The van der Waals surface area contributed by atoms with Crippen LogP contribution in [0.2, 0.25) is 0 Å². The number of rotatable bonds is 19. The standard InChI is InChI=1S/C28H45NO6S.C20H24Cl3F3N2O5.C10H20O2S/c1-16-17(2)25(35-28(36-8)20(16)5)15-33-27-26(29-21(6)30)19(4)18(3)24(34-27)14-32-13-22-9-11-23(31-7)12-10-22;1-10-11(2)15(28-18(29)20(24,25)26)16(33-17(27)19(21,22)23)32-14(10)9-31-8-12-4-6-13(30-3)7-5-12;1-6-7(2)9(5-11)12-10(13-4)8(6)3/h9-12,16-20,24-28H,13-15H2,1-8H3,(H,29,30);4-7,10-11,14-16,27H,8-9H2,1-3H3,(H,28,29);6-11H,5H2,1-4H3/t16-,17+,18-,19-,20?,24?,25?,26?,27+,28-;10-,11-,14?,15?,16?;6-,7+,8?,9?,10-/m000/s1. The number of hydrogen-bond acceptors (Lipinski definition) is 16. The fourth-order valence-electron chi connectivity index (χ4n) is 10.4. The van der Waals surface area contributed by atoms with Crippen molar-refractivity contribution in [2.24, 2.45) is 59.2 Å². The number of hydrogen-bond donors (Lipinski definition) is 4. The van der Waals surface area contributed by atoms with E-state index in [4.69, 9.17) is 92.7 Å². The topological polar surface area (TPSA) is 195 Å². The highest BCUT2D eigenvalue weighted by molar-refractivity contribution is 7.99. The molecule has 0 spiro atoms. The highest BCUT2D eigenvalue weighted by Gasteiger charge is 2.50. The molecule has 0 radical (unpaired) electrons. The van der Waals surface area contributed by atoms with Gasteiger partial charge in [0.2, 0.25) is 18.1 Å². The van der Waals surface area contributed by atoms with E-state index in [0.29, 0.717) is 61.1 Å². The molecular weight excluding hydrogens is 1170 g/mol. The van der Waals surface area contributed by atoms with Crippen LogP contribution >= 0.6 is 58.3 Å². The molecule has 4 aliphatic heterocycles. The summed E-state index contributed by atoms with van der Waals surface area (Å²) in [4.78, 5) is 23.6. The number of methoxy groups -OCH3 is 2. The zero-order chi connectivity index (χ0) is 61.4. The van der Waals surface area contributed by atoms with Crippen LogP contribution < -0.4 is 20.1 Å². The molecule has 4 saturated heterocycles. The lowest BCUT2D eigenvalue weighted by atomic mass is 9.80. The van der Waals surface area contributed by atoms with Gasteiger partial charge in [0.25, 0.3) is 3.79 Å². The lowest BCUT2D eigenvalue weighted by Gasteiger charge is -2.46.